The second-order valence-corrected chi connectivity index (χ2v) is 4.48. The zero-order chi connectivity index (χ0) is 12.8. The second-order valence-electron chi connectivity index (χ2n) is 4.48. The normalized spacial score (nSPS) is 10.8. The van der Waals surface area contributed by atoms with E-state index in [0.29, 0.717) is 11.7 Å². The number of nitrogens with two attached hydrogens (primary N) is 1. The van der Waals surface area contributed by atoms with Crippen LogP contribution >= 0.6 is 0 Å². The molecule has 2 rings (SSSR count). The molecule has 0 unspecified atom stereocenters. The topological polar surface area (TPSA) is 64.9 Å². The van der Waals surface area contributed by atoms with Crippen molar-refractivity contribution in [2.75, 3.05) is 6.54 Å². The molecule has 0 aliphatic carbocycles. The molecule has 4 heteroatoms. The Labute approximate surface area is 107 Å². The molecule has 0 atom stereocenters. The van der Waals surface area contributed by atoms with E-state index >= 15 is 0 Å². The summed E-state index contributed by atoms with van der Waals surface area (Å²) in [5.74, 6) is 1.39. The van der Waals surface area contributed by atoms with Crippen molar-refractivity contribution in [1.82, 2.24) is 10.1 Å². The number of aromatic nitrogens is 2. The minimum absolute atomic E-state index is 0.674. The summed E-state index contributed by atoms with van der Waals surface area (Å²) in [4.78, 5) is 4.41. The van der Waals surface area contributed by atoms with Crippen LogP contribution in [0.15, 0.2) is 28.8 Å². The van der Waals surface area contributed by atoms with Gasteiger partial charge in [0.05, 0.1) is 0 Å². The molecule has 0 radical (unpaired) electrons. The Balaban J connectivity index is 1.97. The van der Waals surface area contributed by atoms with Crippen molar-refractivity contribution in [1.29, 1.82) is 0 Å². The SMILES string of the molecule is Cc1cccc(-c2noc(CCCCCN)n2)c1. The standard InChI is InChI=1S/C14H19N3O/c1-11-6-5-7-12(10-11)14-16-13(18-17-14)8-3-2-4-9-15/h5-7,10H,2-4,8-9,15H2,1H3. The van der Waals surface area contributed by atoms with Crippen molar-refractivity contribution in [3.05, 3.63) is 35.7 Å². The summed E-state index contributed by atoms with van der Waals surface area (Å²) in [5.41, 5.74) is 7.65. The lowest BCUT2D eigenvalue weighted by Crippen LogP contribution is -1.98. The molecular weight excluding hydrogens is 226 g/mol. The van der Waals surface area contributed by atoms with Crippen molar-refractivity contribution in [2.45, 2.75) is 32.6 Å². The summed E-state index contributed by atoms with van der Waals surface area (Å²) in [5, 5.41) is 4.02. The number of nitrogens with zero attached hydrogens (tertiary/aromatic N) is 2. The van der Waals surface area contributed by atoms with Gasteiger partial charge in [-0.3, -0.25) is 0 Å². The maximum atomic E-state index is 5.45. The van der Waals surface area contributed by atoms with E-state index in [1.54, 1.807) is 0 Å². The summed E-state index contributed by atoms with van der Waals surface area (Å²) in [6.45, 7) is 2.80. The van der Waals surface area contributed by atoms with E-state index in [2.05, 4.69) is 29.2 Å². The van der Waals surface area contributed by atoms with Gasteiger partial charge >= 0.3 is 0 Å². The second kappa shape index (κ2) is 6.31. The minimum Gasteiger partial charge on any atom is -0.339 e. The number of aryl methyl sites for hydroxylation is 2. The van der Waals surface area contributed by atoms with Gasteiger partial charge in [0.2, 0.25) is 11.7 Å². The van der Waals surface area contributed by atoms with Gasteiger partial charge in [-0.25, -0.2) is 0 Å². The van der Waals surface area contributed by atoms with Gasteiger partial charge in [0.15, 0.2) is 0 Å². The summed E-state index contributed by atoms with van der Waals surface area (Å²) < 4.78 is 5.25. The molecule has 0 aliphatic rings. The van der Waals surface area contributed by atoms with E-state index < -0.39 is 0 Å². The molecule has 0 saturated heterocycles. The summed E-state index contributed by atoms with van der Waals surface area (Å²) in [7, 11) is 0. The van der Waals surface area contributed by atoms with Gasteiger partial charge in [-0.05, 0) is 32.4 Å². The predicted octanol–water partition coefficient (Wildman–Crippen LogP) is 2.72. The Morgan fingerprint density at radius 2 is 2.11 bits per heavy atom. The first-order chi connectivity index (χ1) is 8.79. The number of benzene rings is 1. The predicted molar refractivity (Wildman–Crippen MR) is 71.1 cm³/mol. The minimum atomic E-state index is 0.674. The highest BCUT2D eigenvalue weighted by molar-refractivity contribution is 5.55. The molecule has 0 fully saturated rings. The molecule has 18 heavy (non-hydrogen) atoms. The zero-order valence-corrected chi connectivity index (χ0v) is 10.7. The molecule has 2 aromatic rings. The monoisotopic (exact) mass is 245 g/mol. The number of unbranched alkanes of at least 4 members (excludes halogenated alkanes) is 2. The van der Waals surface area contributed by atoms with E-state index in [1.165, 1.54) is 5.56 Å². The van der Waals surface area contributed by atoms with E-state index in [0.717, 1.165) is 37.8 Å². The zero-order valence-electron chi connectivity index (χ0n) is 10.7. The maximum Gasteiger partial charge on any atom is 0.226 e. The summed E-state index contributed by atoms with van der Waals surface area (Å²) in [6, 6.07) is 8.11. The van der Waals surface area contributed by atoms with Crippen LogP contribution in [0.2, 0.25) is 0 Å². The quantitative estimate of drug-likeness (QED) is 0.795. The first-order valence-corrected chi connectivity index (χ1v) is 6.39. The molecule has 0 aliphatic heterocycles. The van der Waals surface area contributed by atoms with Gasteiger partial charge in [-0.2, -0.15) is 4.98 Å². The number of rotatable bonds is 6. The smallest absolute Gasteiger partial charge is 0.226 e. The average molecular weight is 245 g/mol. The molecule has 2 N–H and O–H groups in total. The van der Waals surface area contributed by atoms with Crippen molar-refractivity contribution >= 4 is 0 Å². The van der Waals surface area contributed by atoms with Gasteiger partial charge in [0.1, 0.15) is 0 Å². The molecule has 96 valence electrons. The molecule has 0 saturated carbocycles. The van der Waals surface area contributed by atoms with E-state index in [-0.39, 0.29) is 0 Å². The lowest BCUT2D eigenvalue weighted by atomic mass is 10.1. The average Bonchev–Trinajstić information content (AvgIpc) is 2.83. The summed E-state index contributed by atoms with van der Waals surface area (Å²) in [6.07, 6.45) is 4.04. The Hall–Kier alpha value is -1.68. The van der Waals surface area contributed by atoms with Crippen LogP contribution in [-0.4, -0.2) is 16.7 Å². The molecule has 1 heterocycles. The first-order valence-electron chi connectivity index (χ1n) is 6.39. The van der Waals surface area contributed by atoms with Crippen molar-refractivity contribution in [3.8, 4) is 11.4 Å². The van der Waals surface area contributed by atoms with Crippen LogP contribution in [0.1, 0.15) is 30.7 Å². The Kier molecular flexibility index (Phi) is 4.47. The molecule has 1 aromatic carbocycles. The number of hydrogen-bond donors (Lipinski definition) is 1. The molecule has 0 amide bonds. The lowest BCUT2D eigenvalue weighted by Gasteiger charge is -1.95. The van der Waals surface area contributed by atoms with E-state index in [1.807, 2.05) is 12.1 Å². The molecule has 0 bridgehead atoms. The van der Waals surface area contributed by atoms with Crippen molar-refractivity contribution < 1.29 is 4.52 Å². The van der Waals surface area contributed by atoms with Crippen LogP contribution in [0, 0.1) is 6.92 Å². The van der Waals surface area contributed by atoms with Crippen molar-refractivity contribution in [2.24, 2.45) is 5.73 Å². The third-order valence-corrected chi connectivity index (χ3v) is 2.84. The molecule has 0 spiro atoms. The molecular formula is C14H19N3O. The van der Waals surface area contributed by atoms with Crippen LogP contribution in [0.5, 0.6) is 0 Å². The fourth-order valence-corrected chi connectivity index (χ4v) is 1.86. The van der Waals surface area contributed by atoms with Gasteiger partial charge in [-0.15, -0.1) is 0 Å². The molecule has 4 nitrogen and oxygen atoms in total. The summed E-state index contributed by atoms with van der Waals surface area (Å²) >= 11 is 0. The van der Waals surface area contributed by atoms with Crippen LogP contribution < -0.4 is 5.73 Å². The Morgan fingerprint density at radius 3 is 2.89 bits per heavy atom. The largest absolute Gasteiger partial charge is 0.339 e. The first kappa shape index (κ1) is 12.8. The maximum absolute atomic E-state index is 5.45. The van der Waals surface area contributed by atoms with Crippen LogP contribution in [0.25, 0.3) is 11.4 Å². The molecule has 1 aromatic heterocycles. The van der Waals surface area contributed by atoms with E-state index in [9.17, 15) is 0 Å². The fraction of sp³-hybridized carbons (Fsp3) is 0.429. The van der Waals surface area contributed by atoms with Gasteiger partial charge in [0, 0.05) is 12.0 Å². The highest BCUT2D eigenvalue weighted by Gasteiger charge is 2.08. The van der Waals surface area contributed by atoms with E-state index in [4.69, 9.17) is 10.3 Å². The third-order valence-electron chi connectivity index (χ3n) is 2.84. The highest BCUT2D eigenvalue weighted by atomic mass is 16.5. The Morgan fingerprint density at radius 1 is 1.22 bits per heavy atom. The number of hydrogen-bond acceptors (Lipinski definition) is 4. The highest BCUT2D eigenvalue weighted by Crippen LogP contribution is 2.17. The van der Waals surface area contributed by atoms with Crippen LogP contribution in [0.3, 0.4) is 0 Å². The Bertz CT molecular complexity index is 493. The fourth-order valence-electron chi connectivity index (χ4n) is 1.86. The van der Waals surface area contributed by atoms with Crippen molar-refractivity contribution in [3.63, 3.8) is 0 Å². The van der Waals surface area contributed by atoms with Gasteiger partial charge in [-0.1, -0.05) is 35.3 Å². The van der Waals surface area contributed by atoms with Crippen LogP contribution in [-0.2, 0) is 6.42 Å². The van der Waals surface area contributed by atoms with Gasteiger partial charge < -0.3 is 10.3 Å². The lowest BCUT2D eigenvalue weighted by molar-refractivity contribution is 0.374. The van der Waals surface area contributed by atoms with Gasteiger partial charge in [0.25, 0.3) is 0 Å². The third kappa shape index (κ3) is 3.40. The van der Waals surface area contributed by atoms with Crippen LogP contribution in [0.4, 0.5) is 0 Å².